The molecule has 2 aliphatic heterocycles. The summed E-state index contributed by atoms with van der Waals surface area (Å²) in [6.45, 7) is 8.03. The fourth-order valence-corrected chi connectivity index (χ4v) is 3.94. The first-order chi connectivity index (χ1) is 15.5. The summed E-state index contributed by atoms with van der Waals surface area (Å²) >= 11 is 0. The summed E-state index contributed by atoms with van der Waals surface area (Å²) in [6.07, 6.45) is 0. The van der Waals surface area contributed by atoms with E-state index in [4.69, 9.17) is 24.9 Å². The maximum absolute atomic E-state index is 4.82. The molecule has 0 aliphatic carbocycles. The number of hydrogen-bond donors (Lipinski definition) is 2. The van der Waals surface area contributed by atoms with E-state index >= 15 is 0 Å². The first-order valence-corrected chi connectivity index (χ1v) is 10.4. The molecule has 4 aromatic rings. The summed E-state index contributed by atoms with van der Waals surface area (Å²) in [7, 11) is 0. The van der Waals surface area contributed by atoms with Crippen LogP contribution in [0.4, 0.5) is 0 Å². The van der Waals surface area contributed by atoms with Gasteiger partial charge in [-0.2, -0.15) is 0 Å². The van der Waals surface area contributed by atoms with E-state index in [1.54, 1.807) is 0 Å². The highest BCUT2D eigenvalue weighted by atomic mass is 15.1. The van der Waals surface area contributed by atoms with E-state index in [1.807, 2.05) is 64.1 Å². The van der Waals surface area contributed by atoms with E-state index in [1.165, 1.54) is 0 Å². The number of H-pyrrole nitrogens is 2. The van der Waals surface area contributed by atoms with Gasteiger partial charge in [-0.05, 0) is 51.0 Å². The SMILES string of the molecule is CC1=C(C)c2nc1nc1cc(C)c(nc3nc(nc4cc(C)c(n2)[nH]4)-c2ccccc2-3)[nH]1. The molecule has 32 heavy (non-hydrogen) atoms. The van der Waals surface area contributed by atoms with Crippen LogP contribution in [0.1, 0.15) is 36.6 Å². The molecule has 8 nitrogen and oxygen atoms in total. The van der Waals surface area contributed by atoms with Gasteiger partial charge in [0.1, 0.15) is 22.6 Å². The predicted octanol–water partition coefficient (Wildman–Crippen LogP) is 4.80. The Morgan fingerprint density at radius 1 is 0.531 bits per heavy atom. The average Bonchev–Trinajstić information content (AvgIpc) is 3.47. The molecule has 0 saturated heterocycles. The third-order valence-corrected chi connectivity index (χ3v) is 5.90. The molecule has 0 radical (unpaired) electrons. The molecule has 2 aliphatic rings. The molecular formula is C24H20N8. The maximum Gasteiger partial charge on any atom is 0.164 e. The van der Waals surface area contributed by atoms with E-state index in [0.29, 0.717) is 34.6 Å². The maximum atomic E-state index is 4.82. The largest absolute Gasteiger partial charge is 0.325 e. The minimum absolute atomic E-state index is 0.620. The van der Waals surface area contributed by atoms with Crippen molar-refractivity contribution in [2.75, 3.05) is 0 Å². The highest BCUT2D eigenvalue weighted by Crippen LogP contribution is 2.33. The number of fused-ring (bicyclic) bond motifs is 11. The standard InChI is InChI=1S/C24H20N8/c1-11-10-18-26-19(11)29-22-14(4)13(3)21(31-22)27-17-9-12(2)20(25-17)30-24-16-8-6-5-7-15(16)23(28-18)32-24/h5-10H,1-4H3,(H2,25,26,27,28,29,30,31,32). The Morgan fingerprint density at radius 3 is 1.56 bits per heavy atom. The van der Waals surface area contributed by atoms with E-state index in [2.05, 4.69) is 15.0 Å². The Kier molecular flexibility index (Phi) is 3.86. The van der Waals surface area contributed by atoms with Crippen LogP contribution in [-0.2, 0) is 0 Å². The Labute approximate surface area is 183 Å². The van der Waals surface area contributed by atoms with Crippen molar-refractivity contribution >= 4 is 33.7 Å². The van der Waals surface area contributed by atoms with Gasteiger partial charge < -0.3 is 9.97 Å². The van der Waals surface area contributed by atoms with Crippen LogP contribution in [0.3, 0.4) is 0 Å². The van der Waals surface area contributed by atoms with Crippen molar-refractivity contribution in [3.8, 4) is 22.8 Å². The van der Waals surface area contributed by atoms with Gasteiger partial charge in [0.05, 0.1) is 0 Å². The Morgan fingerprint density at radius 2 is 0.969 bits per heavy atom. The topological polar surface area (TPSA) is 109 Å². The van der Waals surface area contributed by atoms with Crippen LogP contribution >= 0.6 is 0 Å². The monoisotopic (exact) mass is 420 g/mol. The van der Waals surface area contributed by atoms with Gasteiger partial charge in [0.25, 0.3) is 0 Å². The smallest absolute Gasteiger partial charge is 0.164 e. The second-order valence-corrected chi connectivity index (χ2v) is 8.13. The van der Waals surface area contributed by atoms with Crippen LogP contribution in [0.15, 0.2) is 36.4 Å². The fraction of sp³-hybridized carbons (Fsp3) is 0.167. The fourth-order valence-electron chi connectivity index (χ4n) is 3.94. The molecule has 3 aromatic heterocycles. The zero-order valence-electron chi connectivity index (χ0n) is 18.1. The summed E-state index contributed by atoms with van der Waals surface area (Å²) in [5.74, 6) is 2.54. The van der Waals surface area contributed by atoms with E-state index in [0.717, 1.165) is 44.7 Å². The van der Waals surface area contributed by atoms with Gasteiger partial charge in [-0.25, -0.2) is 29.9 Å². The Hall–Kier alpha value is -4.20. The Bertz CT molecular complexity index is 1620. The van der Waals surface area contributed by atoms with Gasteiger partial charge >= 0.3 is 0 Å². The van der Waals surface area contributed by atoms with E-state index in [-0.39, 0.29) is 0 Å². The zero-order chi connectivity index (χ0) is 22.0. The van der Waals surface area contributed by atoms with Crippen molar-refractivity contribution in [3.05, 3.63) is 59.2 Å². The quantitative estimate of drug-likeness (QED) is 0.373. The number of aromatic nitrogens is 8. The number of allylic oxidation sites excluding steroid dienone is 2. The van der Waals surface area contributed by atoms with Crippen LogP contribution < -0.4 is 0 Å². The zero-order valence-corrected chi connectivity index (χ0v) is 18.1. The first-order valence-electron chi connectivity index (χ1n) is 10.4. The number of aromatic amines is 2. The minimum Gasteiger partial charge on any atom is -0.325 e. The number of benzene rings is 1. The van der Waals surface area contributed by atoms with E-state index in [9.17, 15) is 0 Å². The van der Waals surface area contributed by atoms with Crippen molar-refractivity contribution in [3.63, 3.8) is 0 Å². The third-order valence-electron chi connectivity index (χ3n) is 5.90. The molecule has 6 rings (SSSR count). The molecule has 0 spiro atoms. The molecule has 1 aromatic carbocycles. The summed E-state index contributed by atoms with van der Waals surface area (Å²) in [5, 5.41) is 0. The second kappa shape index (κ2) is 6.65. The van der Waals surface area contributed by atoms with Crippen LogP contribution in [0, 0.1) is 13.8 Å². The number of rotatable bonds is 0. The van der Waals surface area contributed by atoms with Gasteiger partial charge in [-0.1, -0.05) is 24.3 Å². The summed E-state index contributed by atoms with van der Waals surface area (Å²) in [6, 6.07) is 11.9. The molecule has 0 fully saturated rings. The summed E-state index contributed by atoms with van der Waals surface area (Å²) in [5.41, 5.74) is 8.68. The molecule has 0 atom stereocenters. The lowest BCUT2D eigenvalue weighted by atomic mass is 10.1. The van der Waals surface area contributed by atoms with Crippen molar-refractivity contribution in [1.82, 2.24) is 39.9 Å². The molecule has 0 amide bonds. The molecular weight excluding hydrogens is 400 g/mol. The van der Waals surface area contributed by atoms with Crippen LogP contribution in [0.2, 0.25) is 0 Å². The van der Waals surface area contributed by atoms with Crippen molar-refractivity contribution in [2.24, 2.45) is 0 Å². The van der Waals surface area contributed by atoms with Crippen molar-refractivity contribution in [2.45, 2.75) is 27.7 Å². The molecule has 0 saturated carbocycles. The number of hydrogen-bond acceptors (Lipinski definition) is 6. The van der Waals surface area contributed by atoms with E-state index < -0.39 is 0 Å². The van der Waals surface area contributed by atoms with Crippen LogP contribution in [0.5, 0.6) is 0 Å². The summed E-state index contributed by atoms with van der Waals surface area (Å²) in [4.78, 5) is 35.2. The van der Waals surface area contributed by atoms with Crippen molar-refractivity contribution < 1.29 is 0 Å². The van der Waals surface area contributed by atoms with Gasteiger partial charge in [-0.3, -0.25) is 0 Å². The number of nitrogens with zero attached hydrogens (tertiary/aromatic N) is 6. The van der Waals surface area contributed by atoms with Crippen LogP contribution in [0.25, 0.3) is 56.5 Å². The number of nitrogens with one attached hydrogen (secondary N) is 2. The lowest BCUT2D eigenvalue weighted by molar-refractivity contribution is 1.11. The number of aryl methyl sites for hydroxylation is 2. The normalized spacial score (nSPS) is 12.9. The van der Waals surface area contributed by atoms with Gasteiger partial charge in [0, 0.05) is 22.3 Å². The molecule has 5 heterocycles. The first kappa shape index (κ1) is 18.6. The lowest BCUT2D eigenvalue weighted by Gasteiger charge is -1.96. The lowest BCUT2D eigenvalue weighted by Crippen LogP contribution is -1.86. The molecule has 8 heteroatoms. The van der Waals surface area contributed by atoms with Gasteiger partial charge in [0.15, 0.2) is 23.3 Å². The van der Waals surface area contributed by atoms with Crippen LogP contribution in [-0.4, -0.2) is 39.9 Å². The molecule has 156 valence electrons. The minimum atomic E-state index is 0.620. The predicted molar refractivity (Wildman–Crippen MR) is 124 cm³/mol. The third kappa shape index (κ3) is 2.84. The second-order valence-electron chi connectivity index (χ2n) is 8.13. The molecule has 2 N–H and O–H groups in total. The van der Waals surface area contributed by atoms with Gasteiger partial charge in [0.2, 0.25) is 0 Å². The Balaban J connectivity index is 1.77. The van der Waals surface area contributed by atoms with Gasteiger partial charge in [-0.15, -0.1) is 0 Å². The summed E-state index contributed by atoms with van der Waals surface area (Å²) < 4.78 is 0. The highest BCUT2D eigenvalue weighted by molar-refractivity contribution is 5.88. The molecule has 0 unspecified atom stereocenters. The molecule has 8 bridgehead atoms. The van der Waals surface area contributed by atoms with Crippen molar-refractivity contribution in [1.29, 1.82) is 0 Å². The average molecular weight is 420 g/mol. The highest BCUT2D eigenvalue weighted by Gasteiger charge is 2.19.